The van der Waals surface area contributed by atoms with Gasteiger partial charge in [-0.1, -0.05) is 72.3 Å². The van der Waals surface area contributed by atoms with E-state index in [1.165, 1.54) is 4.90 Å². The lowest BCUT2D eigenvalue weighted by Crippen LogP contribution is -2.48. The van der Waals surface area contributed by atoms with Gasteiger partial charge in [-0.3, -0.25) is 9.80 Å². The summed E-state index contributed by atoms with van der Waals surface area (Å²) in [5.41, 5.74) is 3.32. The molecule has 3 aromatic rings. The molecule has 0 bridgehead atoms. The lowest BCUT2D eigenvalue weighted by atomic mass is 9.84. The van der Waals surface area contributed by atoms with Crippen molar-refractivity contribution in [1.82, 2.24) is 4.90 Å². The van der Waals surface area contributed by atoms with Crippen LogP contribution < -0.4 is 5.01 Å². The Kier molecular flexibility index (Phi) is 5.37. The van der Waals surface area contributed by atoms with Gasteiger partial charge in [0.05, 0.1) is 23.9 Å². The predicted molar refractivity (Wildman–Crippen MR) is 123 cm³/mol. The van der Waals surface area contributed by atoms with Gasteiger partial charge in [-0.05, 0) is 35.4 Å². The predicted octanol–water partition coefficient (Wildman–Crippen LogP) is 4.70. The highest BCUT2D eigenvalue weighted by Gasteiger charge is 2.48. The highest BCUT2D eigenvalue weighted by atomic mass is 35.5. The number of rotatable bonds is 4. The number of ether oxygens (including phenoxy) is 1. The molecule has 0 N–H and O–H groups in total. The number of imide groups is 1. The summed E-state index contributed by atoms with van der Waals surface area (Å²) >= 11 is 6.14. The number of nitrogens with zero attached hydrogens (tertiary/aromatic N) is 3. The maximum atomic E-state index is 13.8. The number of amides is 2. The topological polar surface area (TPSA) is 62.2 Å². The molecule has 2 atom stereocenters. The molecule has 7 heteroatoms. The minimum atomic E-state index is -0.751. The molecular formula is C25H20ClN3O3. The van der Waals surface area contributed by atoms with Crippen molar-refractivity contribution in [2.45, 2.75) is 12.0 Å². The van der Waals surface area contributed by atoms with Crippen molar-refractivity contribution in [2.75, 3.05) is 18.2 Å². The lowest BCUT2D eigenvalue weighted by molar-refractivity contribution is -0.129. The van der Waals surface area contributed by atoms with Gasteiger partial charge in [-0.2, -0.15) is 5.10 Å². The summed E-state index contributed by atoms with van der Waals surface area (Å²) in [5.74, 6) is -0.748. The van der Waals surface area contributed by atoms with Crippen molar-refractivity contribution in [3.05, 3.63) is 101 Å². The van der Waals surface area contributed by atoms with Gasteiger partial charge in [0.25, 0.3) is 5.91 Å². The average molecular weight is 446 g/mol. The van der Waals surface area contributed by atoms with E-state index in [1.54, 1.807) is 17.1 Å². The number of benzene rings is 3. The summed E-state index contributed by atoms with van der Waals surface area (Å²) in [4.78, 5) is 27.2. The third kappa shape index (κ3) is 3.63. The molecule has 2 heterocycles. The molecule has 32 heavy (non-hydrogen) atoms. The van der Waals surface area contributed by atoms with Gasteiger partial charge in [0.15, 0.2) is 0 Å². The van der Waals surface area contributed by atoms with Crippen LogP contribution in [0.5, 0.6) is 0 Å². The van der Waals surface area contributed by atoms with E-state index < -0.39 is 18.1 Å². The van der Waals surface area contributed by atoms with E-state index in [4.69, 9.17) is 21.4 Å². The Morgan fingerprint density at radius 2 is 1.59 bits per heavy atom. The smallest absolute Gasteiger partial charge is 0.416 e. The molecular weight excluding hydrogens is 426 g/mol. The first-order valence-corrected chi connectivity index (χ1v) is 10.7. The maximum absolute atomic E-state index is 13.8. The molecule has 0 saturated carbocycles. The van der Waals surface area contributed by atoms with Crippen LogP contribution in [0.4, 0.5) is 10.5 Å². The first kappa shape index (κ1) is 20.3. The van der Waals surface area contributed by atoms with Gasteiger partial charge in [0.2, 0.25) is 0 Å². The Balaban J connectivity index is 1.67. The molecule has 0 aromatic heterocycles. The van der Waals surface area contributed by atoms with Crippen molar-refractivity contribution < 1.29 is 14.3 Å². The fourth-order valence-electron chi connectivity index (χ4n) is 4.19. The van der Waals surface area contributed by atoms with Gasteiger partial charge >= 0.3 is 6.09 Å². The second-order valence-electron chi connectivity index (χ2n) is 7.61. The average Bonchev–Trinajstić information content (AvgIpc) is 3.44. The minimum absolute atomic E-state index is 0.195. The van der Waals surface area contributed by atoms with E-state index in [-0.39, 0.29) is 19.1 Å². The van der Waals surface area contributed by atoms with Crippen LogP contribution in [0.25, 0.3) is 0 Å². The molecule has 1 fully saturated rings. The minimum Gasteiger partial charge on any atom is -0.447 e. The quantitative estimate of drug-likeness (QED) is 0.584. The number of hydrazone groups is 1. The van der Waals surface area contributed by atoms with E-state index >= 15 is 0 Å². The zero-order chi connectivity index (χ0) is 22.1. The van der Waals surface area contributed by atoms with Crippen LogP contribution in [0.2, 0.25) is 5.02 Å². The SMILES string of the molecule is O=C1OCCN1C(=O)[C@@H]1[C@@H](c2ccc(Cl)cc2)C(c2ccccc2)=NN1c1ccccc1. The summed E-state index contributed by atoms with van der Waals surface area (Å²) < 4.78 is 5.05. The van der Waals surface area contributed by atoms with E-state index in [2.05, 4.69) is 0 Å². The maximum Gasteiger partial charge on any atom is 0.416 e. The number of anilines is 1. The van der Waals surface area contributed by atoms with Crippen LogP contribution in [0, 0.1) is 0 Å². The first-order valence-electron chi connectivity index (χ1n) is 10.4. The molecule has 2 aliphatic rings. The zero-order valence-corrected chi connectivity index (χ0v) is 17.9. The van der Waals surface area contributed by atoms with Gasteiger partial charge in [0, 0.05) is 5.02 Å². The monoisotopic (exact) mass is 445 g/mol. The van der Waals surface area contributed by atoms with Crippen LogP contribution in [-0.2, 0) is 9.53 Å². The van der Waals surface area contributed by atoms with Gasteiger partial charge < -0.3 is 4.74 Å². The molecule has 6 nitrogen and oxygen atoms in total. The summed E-state index contributed by atoms with van der Waals surface area (Å²) in [7, 11) is 0. The van der Waals surface area contributed by atoms with E-state index in [9.17, 15) is 9.59 Å². The molecule has 0 radical (unpaired) electrons. The summed E-state index contributed by atoms with van der Waals surface area (Å²) in [6, 6.07) is 25.9. The number of halogens is 1. The standard InChI is InChI=1S/C25H20ClN3O3/c26-19-13-11-17(12-14-19)21-22(18-7-3-1-4-8-18)27-29(20-9-5-2-6-10-20)23(21)24(30)28-15-16-32-25(28)31/h1-14,21,23H,15-16H2/t21-,23-/m0/s1. The number of para-hydroxylation sites is 1. The van der Waals surface area contributed by atoms with Gasteiger partial charge in [-0.25, -0.2) is 9.69 Å². The van der Waals surface area contributed by atoms with Crippen molar-refractivity contribution in [2.24, 2.45) is 5.10 Å². The molecule has 0 aliphatic carbocycles. The van der Waals surface area contributed by atoms with Crippen molar-refractivity contribution >= 4 is 35.0 Å². The highest BCUT2D eigenvalue weighted by molar-refractivity contribution is 6.30. The van der Waals surface area contributed by atoms with Crippen LogP contribution >= 0.6 is 11.6 Å². The number of carbonyl (C=O) groups is 2. The van der Waals surface area contributed by atoms with E-state index in [1.807, 2.05) is 72.8 Å². The summed E-state index contributed by atoms with van der Waals surface area (Å²) in [6.07, 6.45) is -0.619. The molecule has 2 aliphatic heterocycles. The number of cyclic esters (lactones) is 1. The van der Waals surface area contributed by atoms with Crippen LogP contribution in [-0.4, -0.2) is 41.8 Å². The molecule has 160 valence electrons. The van der Waals surface area contributed by atoms with Gasteiger partial charge in [-0.15, -0.1) is 0 Å². The normalized spacial score (nSPS) is 20.3. The molecule has 5 rings (SSSR count). The van der Waals surface area contributed by atoms with Crippen LogP contribution in [0.3, 0.4) is 0 Å². The molecule has 0 spiro atoms. The second kappa shape index (κ2) is 8.48. The largest absolute Gasteiger partial charge is 0.447 e. The molecule has 1 saturated heterocycles. The fourth-order valence-corrected chi connectivity index (χ4v) is 4.31. The summed E-state index contributed by atoms with van der Waals surface area (Å²) in [6.45, 7) is 0.422. The Hall–Kier alpha value is -3.64. The van der Waals surface area contributed by atoms with E-state index in [0.717, 1.165) is 22.5 Å². The molecule has 3 aromatic carbocycles. The zero-order valence-electron chi connectivity index (χ0n) is 17.1. The first-order chi connectivity index (χ1) is 15.6. The third-order valence-electron chi connectivity index (χ3n) is 5.69. The lowest BCUT2D eigenvalue weighted by Gasteiger charge is -2.29. The number of carbonyl (C=O) groups excluding carboxylic acids is 2. The Labute approximate surface area is 190 Å². The van der Waals surface area contributed by atoms with Crippen LogP contribution in [0.1, 0.15) is 17.0 Å². The third-order valence-corrected chi connectivity index (χ3v) is 5.94. The Bertz CT molecular complexity index is 1170. The van der Waals surface area contributed by atoms with Crippen molar-refractivity contribution in [1.29, 1.82) is 0 Å². The van der Waals surface area contributed by atoms with Crippen LogP contribution in [0.15, 0.2) is 90.0 Å². The van der Waals surface area contributed by atoms with Gasteiger partial charge in [0.1, 0.15) is 12.6 Å². The molecule has 0 unspecified atom stereocenters. The Morgan fingerprint density at radius 3 is 2.22 bits per heavy atom. The van der Waals surface area contributed by atoms with Crippen molar-refractivity contribution in [3.63, 3.8) is 0 Å². The molecule has 2 amide bonds. The number of hydrogen-bond acceptors (Lipinski definition) is 5. The second-order valence-corrected chi connectivity index (χ2v) is 8.05. The highest BCUT2D eigenvalue weighted by Crippen LogP contribution is 2.38. The fraction of sp³-hybridized carbons (Fsp3) is 0.160. The van der Waals surface area contributed by atoms with E-state index in [0.29, 0.717) is 5.02 Å². The number of hydrogen-bond donors (Lipinski definition) is 0. The summed E-state index contributed by atoms with van der Waals surface area (Å²) in [5, 5.41) is 7.25. The Morgan fingerprint density at radius 1 is 0.938 bits per heavy atom. The van der Waals surface area contributed by atoms with Crippen molar-refractivity contribution in [3.8, 4) is 0 Å².